The van der Waals surface area contributed by atoms with Gasteiger partial charge in [-0.05, 0) is 44.7 Å². The number of nitrogens with zero attached hydrogens (tertiary/aromatic N) is 2. The molecule has 3 rings (SSSR count). The van der Waals surface area contributed by atoms with E-state index in [1.165, 1.54) is 0 Å². The number of hydrogen-bond donors (Lipinski definition) is 3. The number of nitrogens with one attached hydrogen (secondary N) is 3. The molecule has 0 unspecified atom stereocenters. The van der Waals surface area contributed by atoms with Gasteiger partial charge in [0.2, 0.25) is 11.9 Å². The van der Waals surface area contributed by atoms with Crippen LogP contribution < -0.4 is 16.0 Å². The van der Waals surface area contributed by atoms with Gasteiger partial charge in [0, 0.05) is 36.9 Å². The van der Waals surface area contributed by atoms with Crippen LogP contribution in [-0.2, 0) is 4.79 Å². The Morgan fingerprint density at radius 3 is 2.43 bits per heavy atom. The second-order valence-electron chi connectivity index (χ2n) is 6.67. The first-order valence-corrected chi connectivity index (χ1v) is 8.86. The lowest BCUT2D eigenvalue weighted by Crippen LogP contribution is -2.40. The van der Waals surface area contributed by atoms with E-state index in [0.717, 1.165) is 58.0 Å². The van der Waals surface area contributed by atoms with E-state index in [9.17, 15) is 4.79 Å². The average molecular weight is 317 g/mol. The zero-order valence-electron chi connectivity index (χ0n) is 13.6. The summed E-state index contributed by atoms with van der Waals surface area (Å²) >= 11 is 0. The van der Waals surface area contributed by atoms with Gasteiger partial charge in [-0.25, -0.2) is 9.97 Å². The molecule has 1 aliphatic carbocycles. The third kappa shape index (κ3) is 4.89. The predicted octanol–water partition coefficient (Wildman–Crippen LogP) is 1.71. The van der Waals surface area contributed by atoms with Gasteiger partial charge in [-0.15, -0.1) is 0 Å². The molecule has 0 bridgehead atoms. The van der Waals surface area contributed by atoms with E-state index in [0.29, 0.717) is 18.0 Å². The second-order valence-corrected chi connectivity index (χ2v) is 6.67. The molecule has 1 saturated carbocycles. The molecule has 0 spiro atoms. The number of carbonyl (C=O) groups is 1. The Kier molecular flexibility index (Phi) is 5.80. The fraction of sp³-hybridized carbons (Fsp3) is 0.706. The lowest BCUT2D eigenvalue weighted by Gasteiger charge is -2.25. The minimum absolute atomic E-state index is 0.185. The van der Waals surface area contributed by atoms with Crippen molar-refractivity contribution < 1.29 is 4.79 Å². The van der Waals surface area contributed by atoms with Gasteiger partial charge in [0.1, 0.15) is 0 Å². The molecule has 1 aromatic heterocycles. The van der Waals surface area contributed by atoms with Gasteiger partial charge >= 0.3 is 0 Å². The van der Waals surface area contributed by atoms with Gasteiger partial charge in [-0.3, -0.25) is 4.79 Å². The Hall–Kier alpha value is -1.69. The molecule has 1 atom stereocenters. The van der Waals surface area contributed by atoms with Crippen molar-refractivity contribution in [1.82, 2.24) is 20.6 Å². The zero-order valence-corrected chi connectivity index (χ0v) is 13.6. The van der Waals surface area contributed by atoms with Crippen molar-refractivity contribution in [2.75, 3.05) is 18.4 Å². The van der Waals surface area contributed by atoms with Crippen molar-refractivity contribution in [1.29, 1.82) is 0 Å². The van der Waals surface area contributed by atoms with Crippen LogP contribution >= 0.6 is 0 Å². The number of amides is 1. The molecule has 3 N–H and O–H groups in total. The molecule has 6 nitrogen and oxygen atoms in total. The lowest BCUT2D eigenvalue weighted by atomic mass is 9.88. The van der Waals surface area contributed by atoms with Gasteiger partial charge < -0.3 is 16.0 Å². The molecule has 0 radical (unpaired) electrons. The van der Waals surface area contributed by atoms with Gasteiger partial charge in [0.05, 0.1) is 0 Å². The summed E-state index contributed by atoms with van der Waals surface area (Å²) in [6.45, 7) is 1.94. The second kappa shape index (κ2) is 8.24. The summed E-state index contributed by atoms with van der Waals surface area (Å²) in [5.74, 6) is 1.15. The van der Waals surface area contributed by atoms with Crippen LogP contribution in [0.1, 0.15) is 44.9 Å². The Balaban J connectivity index is 1.44. The summed E-state index contributed by atoms with van der Waals surface area (Å²) in [7, 11) is 0. The molecule has 23 heavy (non-hydrogen) atoms. The molecule has 126 valence electrons. The number of hydrogen-bond acceptors (Lipinski definition) is 5. The molecule has 1 saturated heterocycles. The van der Waals surface area contributed by atoms with Crippen molar-refractivity contribution in [3.8, 4) is 0 Å². The molecule has 2 heterocycles. The van der Waals surface area contributed by atoms with Crippen LogP contribution in [0.2, 0.25) is 0 Å². The molecule has 1 amide bonds. The molecule has 2 fully saturated rings. The van der Waals surface area contributed by atoms with Crippen LogP contribution in [-0.4, -0.2) is 41.0 Å². The van der Waals surface area contributed by atoms with E-state index in [2.05, 4.69) is 25.9 Å². The van der Waals surface area contributed by atoms with Crippen molar-refractivity contribution in [2.45, 2.75) is 57.0 Å². The topological polar surface area (TPSA) is 78.9 Å². The highest BCUT2D eigenvalue weighted by Gasteiger charge is 2.25. The maximum atomic E-state index is 12.4. The quantitative estimate of drug-likeness (QED) is 0.788. The molecule has 1 aliphatic heterocycles. The third-order valence-electron chi connectivity index (χ3n) is 4.89. The molecule has 2 aliphatic rings. The van der Waals surface area contributed by atoms with Gasteiger partial charge in [0.25, 0.3) is 0 Å². The summed E-state index contributed by atoms with van der Waals surface area (Å²) in [6, 6.07) is 2.57. The summed E-state index contributed by atoms with van der Waals surface area (Å²) in [6.07, 6.45) is 10.9. The van der Waals surface area contributed by atoms with Crippen LogP contribution in [0.4, 0.5) is 5.95 Å². The predicted molar refractivity (Wildman–Crippen MR) is 90.1 cm³/mol. The third-order valence-corrected chi connectivity index (χ3v) is 4.89. The van der Waals surface area contributed by atoms with Gasteiger partial charge in [0.15, 0.2) is 0 Å². The monoisotopic (exact) mass is 317 g/mol. The maximum absolute atomic E-state index is 12.4. The smallest absolute Gasteiger partial charge is 0.223 e. The first-order chi connectivity index (χ1) is 11.3. The molecular formula is C17H27N5O. The molecule has 6 heteroatoms. The minimum atomic E-state index is 0.185. The largest absolute Gasteiger partial charge is 0.352 e. The Morgan fingerprint density at radius 2 is 1.78 bits per heavy atom. The number of anilines is 1. The summed E-state index contributed by atoms with van der Waals surface area (Å²) in [5, 5.41) is 9.93. The first kappa shape index (κ1) is 16.2. The normalized spacial score (nSPS) is 28.6. The van der Waals surface area contributed by atoms with Crippen molar-refractivity contribution in [3.05, 3.63) is 18.5 Å². The Bertz CT molecular complexity index is 479. The van der Waals surface area contributed by atoms with Crippen LogP contribution in [0.15, 0.2) is 18.5 Å². The summed E-state index contributed by atoms with van der Waals surface area (Å²) < 4.78 is 0. The highest BCUT2D eigenvalue weighted by molar-refractivity contribution is 5.79. The van der Waals surface area contributed by atoms with Gasteiger partial charge in [-0.1, -0.05) is 12.8 Å². The zero-order chi connectivity index (χ0) is 15.9. The SMILES string of the molecule is O=C(N[C@@H]1CCNC1)C1CCCC(Nc2ncccn2)CCC1. The van der Waals surface area contributed by atoms with Crippen molar-refractivity contribution >= 4 is 11.9 Å². The van der Waals surface area contributed by atoms with Crippen molar-refractivity contribution in [2.24, 2.45) is 5.92 Å². The molecule has 1 aromatic rings. The lowest BCUT2D eigenvalue weighted by molar-refractivity contribution is -0.126. The number of carbonyl (C=O) groups excluding carboxylic acids is 1. The Morgan fingerprint density at radius 1 is 1.04 bits per heavy atom. The Labute approximate surface area is 137 Å². The van der Waals surface area contributed by atoms with Gasteiger partial charge in [-0.2, -0.15) is 0 Å². The van der Waals surface area contributed by atoms with Crippen LogP contribution in [0.5, 0.6) is 0 Å². The summed E-state index contributed by atoms with van der Waals surface area (Å²) in [5.41, 5.74) is 0. The highest BCUT2D eigenvalue weighted by Crippen LogP contribution is 2.24. The maximum Gasteiger partial charge on any atom is 0.223 e. The van der Waals surface area contributed by atoms with Crippen LogP contribution in [0, 0.1) is 5.92 Å². The number of aromatic nitrogens is 2. The minimum Gasteiger partial charge on any atom is -0.352 e. The highest BCUT2D eigenvalue weighted by atomic mass is 16.1. The van der Waals surface area contributed by atoms with Crippen LogP contribution in [0.3, 0.4) is 0 Å². The van der Waals surface area contributed by atoms with E-state index in [1.807, 2.05) is 6.07 Å². The molecular weight excluding hydrogens is 290 g/mol. The fourth-order valence-corrected chi connectivity index (χ4v) is 3.57. The van der Waals surface area contributed by atoms with Crippen molar-refractivity contribution in [3.63, 3.8) is 0 Å². The first-order valence-electron chi connectivity index (χ1n) is 8.86. The van der Waals surface area contributed by atoms with E-state index in [1.54, 1.807) is 12.4 Å². The summed E-state index contributed by atoms with van der Waals surface area (Å²) in [4.78, 5) is 20.9. The van der Waals surface area contributed by atoms with E-state index in [4.69, 9.17) is 0 Å². The fourth-order valence-electron chi connectivity index (χ4n) is 3.57. The standard InChI is InChI=1S/C17H27N5O/c23-16(21-15-8-11-18-12-15)13-4-1-6-14(7-2-5-13)22-17-19-9-3-10-20-17/h3,9-10,13-15,18H,1-2,4-8,11-12H2,(H,21,23)(H,19,20,22)/t13?,14?,15-/m1/s1. The average Bonchev–Trinajstić information content (AvgIpc) is 3.03. The van der Waals surface area contributed by atoms with E-state index in [-0.39, 0.29) is 11.8 Å². The van der Waals surface area contributed by atoms with E-state index >= 15 is 0 Å². The van der Waals surface area contributed by atoms with E-state index < -0.39 is 0 Å². The molecule has 0 aromatic carbocycles. The number of rotatable bonds is 4. The van der Waals surface area contributed by atoms with Crippen LogP contribution in [0.25, 0.3) is 0 Å².